The van der Waals surface area contributed by atoms with Gasteiger partial charge in [0.2, 0.25) is 0 Å². The van der Waals surface area contributed by atoms with Crippen molar-refractivity contribution in [2.45, 2.75) is 0 Å². The molecule has 0 fully saturated rings. The standard InChI is InChI=1S/C8H9BrFN/c1-11(6-9)8-4-2-3-7(10)5-8/h2-5H,6H2,1H3. The summed E-state index contributed by atoms with van der Waals surface area (Å²) in [5.74, 6) is -0.199. The van der Waals surface area contributed by atoms with Crippen LogP contribution in [0.5, 0.6) is 0 Å². The Labute approximate surface area is 74.0 Å². The first kappa shape index (κ1) is 8.53. The second-order valence-corrected chi connectivity index (χ2v) is 2.80. The van der Waals surface area contributed by atoms with Crippen LogP contribution in [0.25, 0.3) is 0 Å². The molecule has 0 N–H and O–H groups in total. The van der Waals surface area contributed by atoms with Gasteiger partial charge < -0.3 is 4.90 Å². The van der Waals surface area contributed by atoms with E-state index in [9.17, 15) is 4.39 Å². The zero-order chi connectivity index (χ0) is 8.27. The Morgan fingerprint density at radius 3 is 2.82 bits per heavy atom. The van der Waals surface area contributed by atoms with E-state index >= 15 is 0 Å². The van der Waals surface area contributed by atoms with E-state index in [2.05, 4.69) is 15.9 Å². The number of rotatable bonds is 2. The third-order valence-corrected chi connectivity index (χ3v) is 2.18. The lowest BCUT2D eigenvalue weighted by Crippen LogP contribution is -2.13. The van der Waals surface area contributed by atoms with Gasteiger partial charge in [-0.3, -0.25) is 0 Å². The number of nitrogens with zero attached hydrogens (tertiary/aromatic N) is 1. The maximum atomic E-state index is 12.6. The normalized spacial score (nSPS) is 9.73. The first-order chi connectivity index (χ1) is 5.24. The van der Waals surface area contributed by atoms with E-state index in [1.165, 1.54) is 12.1 Å². The van der Waals surface area contributed by atoms with Crippen molar-refractivity contribution in [3.63, 3.8) is 0 Å². The molecule has 1 aromatic carbocycles. The highest BCUT2D eigenvalue weighted by atomic mass is 79.9. The van der Waals surface area contributed by atoms with Gasteiger partial charge in [0.1, 0.15) is 5.82 Å². The first-order valence-corrected chi connectivity index (χ1v) is 4.39. The van der Waals surface area contributed by atoms with Crippen molar-refractivity contribution in [3.8, 4) is 0 Å². The van der Waals surface area contributed by atoms with Crippen LogP contribution in [0.1, 0.15) is 0 Å². The van der Waals surface area contributed by atoms with Crippen LogP contribution in [-0.2, 0) is 0 Å². The van der Waals surface area contributed by atoms with Gasteiger partial charge in [0, 0.05) is 12.7 Å². The van der Waals surface area contributed by atoms with Gasteiger partial charge in [0.15, 0.2) is 0 Å². The van der Waals surface area contributed by atoms with Crippen LogP contribution in [0.4, 0.5) is 10.1 Å². The van der Waals surface area contributed by atoms with E-state index < -0.39 is 0 Å². The number of halogens is 2. The highest BCUT2D eigenvalue weighted by Gasteiger charge is 1.98. The van der Waals surface area contributed by atoms with Crippen molar-refractivity contribution < 1.29 is 4.39 Å². The summed E-state index contributed by atoms with van der Waals surface area (Å²) >= 11 is 3.28. The van der Waals surface area contributed by atoms with Gasteiger partial charge in [-0.25, -0.2) is 4.39 Å². The van der Waals surface area contributed by atoms with Crippen LogP contribution in [0.2, 0.25) is 0 Å². The van der Waals surface area contributed by atoms with Crippen LogP contribution >= 0.6 is 15.9 Å². The van der Waals surface area contributed by atoms with Gasteiger partial charge in [0.05, 0.1) is 5.45 Å². The second-order valence-electron chi connectivity index (χ2n) is 2.30. The summed E-state index contributed by atoms with van der Waals surface area (Å²) in [6.45, 7) is 0. The third kappa shape index (κ3) is 2.19. The van der Waals surface area contributed by atoms with Gasteiger partial charge in [-0.05, 0) is 18.2 Å². The smallest absolute Gasteiger partial charge is 0.125 e. The molecule has 0 aliphatic heterocycles. The summed E-state index contributed by atoms with van der Waals surface area (Å²) in [4.78, 5) is 1.91. The quantitative estimate of drug-likeness (QED) is 0.544. The maximum Gasteiger partial charge on any atom is 0.125 e. The fourth-order valence-corrected chi connectivity index (χ4v) is 1.07. The SMILES string of the molecule is CN(CBr)c1cccc(F)c1. The molecule has 60 valence electrons. The van der Waals surface area contributed by atoms with Gasteiger partial charge in [-0.1, -0.05) is 22.0 Å². The molecule has 3 heteroatoms. The molecule has 0 aliphatic rings. The lowest BCUT2D eigenvalue weighted by molar-refractivity contribution is 0.627. The third-order valence-electron chi connectivity index (χ3n) is 1.43. The Morgan fingerprint density at radius 1 is 1.55 bits per heavy atom. The predicted octanol–water partition coefficient (Wildman–Crippen LogP) is 2.61. The Bertz CT molecular complexity index is 239. The molecule has 0 spiro atoms. The molecule has 0 atom stereocenters. The topological polar surface area (TPSA) is 3.24 Å². The molecule has 0 radical (unpaired) electrons. The summed E-state index contributed by atoms with van der Waals surface area (Å²) in [7, 11) is 1.89. The molecular formula is C8H9BrFN. The zero-order valence-electron chi connectivity index (χ0n) is 6.22. The van der Waals surface area contributed by atoms with Crippen molar-refractivity contribution >= 4 is 21.6 Å². The van der Waals surface area contributed by atoms with Gasteiger partial charge in [0.25, 0.3) is 0 Å². The average molecular weight is 218 g/mol. The number of alkyl halides is 1. The molecule has 0 heterocycles. The van der Waals surface area contributed by atoms with E-state index in [1.54, 1.807) is 6.07 Å². The number of benzene rings is 1. The fourth-order valence-electron chi connectivity index (χ4n) is 0.783. The molecule has 1 aromatic rings. The predicted molar refractivity (Wildman–Crippen MR) is 48.6 cm³/mol. The van der Waals surface area contributed by atoms with Crippen molar-refractivity contribution in [1.29, 1.82) is 0 Å². The first-order valence-electron chi connectivity index (χ1n) is 3.26. The van der Waals surface area contributed by atoms with Crippen LogP contribution in [0.3, 0.4) is 0 Å². The molecule has 1 nitrogen and oxygen atoms in total. The summed E-state index contributed by atoms with van der Waals surface area (Å²) in [5, 5.41) is 0. The van der Waals surface area contributed by atoms with Crippen molar-refractivity contribution in [3.05, 3.63) is 30.1 Å². The molecule has 0 aromatic heterocycles. The Morgan fingerprint density at radius 2 is 2.27 bits per heavy atom. The van der Waals surface area contributed by atoms with E-state index in [0.29, 0.717) is 5.45 Å². The van der Waals surface area contributed by atoms with Crippen molar-refractivity contribution in [2.24, 2.45) is 0 Å². The lowest BCUT2D eigenvalue weighted by Gasteiger charge is -2.14. The largest absolute Gasteiger partial charge is 0.365 e. The van der Waals surface area contributed by atoms with E-state index in [4.69, 9.17) is 0 Å². The minimum atomic E-state index is -0.199. The van der Waals surface area contributed by atoms with E-state index in [-0.39, 0.29) is 5.82 Å². The van der Waals surface area contributed by atoms with Crippen LogP contribution in [0, 0.1) is 5.82 Å². The van der Waals surface area contributed by atoms with E-state index in [0.717, 1.165) is 5.69 Å². The minimum absolute atomic E-state index is 0.199. The zero-order valence-corrected chi connectivity index (χ0v) is 7.81. The van der Waals surface area contributed by atoms with Gasteiger partial charge >= 0.3 is 0 Å². The Balaban J connectivity index is 2.86. The Hall–Kier alpha value is -0.570. The fraction of sp³-hybridized carbons (Fsp3) is 0.250. The van der Waals surface area contributed by atoms with Crippen LogP contribution < -0.4 is 4.90 Å². The minimum Gasteiger partial charge on any atom is -0.365 e. The number of anilines is 1. The molecule has 0 aliphatic carbocycles. The lowest BCUT2D eigenvalue weighted by atomic mass is 10.3. The molecule has 0 unspecified atom stereocenters. The molecule has 0 bridgehead atoms. The van der Waals surface area contributed by atoms with E-state index in [1.807, 2.05) is 18.0 Å². The molecule has 0 saturated heterocycles. The van der Waals surface area contributed by atoms with Crippen LogP contribution in [-0.4, -0.2) is 12.5 Å². The number of hydrogen-bond acceptors (Lipinski definition) is 1. The maximum absolute atomic E-state index is 12.6. The molecule has 0 saturated carbocycles. The highest BCUT2D eigenvalue weighted by Crippen LogP contribution is 2.13. The summed E-state index contributed by atoms with van der Waals surface area (Å²) in [5.41, 5.74) is 1.58. The highest BCUT2D eigenvalue weighted by molar-refractivity contribution is 9.09. The van der Waals surface area contributed by atoms with Gasteiger partial charge in [-0.2, -0.15) is 0 Å². The summed E-state index contributed by atoms with van der Waals surface area (Å²) < 4.78 is 12.6. The molecule has 11 heavy (non-hydrogen) atoms. The van der Waals surface area contributed by atoms with Crippen molar-refractivity contribution in [2.75, 3.05) is 17.4 Å². The second kappa shape index (κ2) is 3.72. The summed E-state index contributed by atoms with van der Waals surface area (Å²) in [6.07, 6.45) is 0. The summed E-state index contributed by atoms with van der Waals surface area (Å²) in [6, 6.07) is 6.50. The van der Waals surface area contributed by atoms with Gasteiger partial charge in [-0.15, -0.1) is 0 Å². The average Bonchev–Trinajstić information content (AvgIpc) is 2.03. The molecular weight excluding hydrogens is 209 g/mol. The molecule has 0 amide bonds. The van der Waals surface area contributed by atoms with Crippen molar-refractivity contribution in [1.82, 2.24) is 0 Å². The molecule has 1 rings (SSSR count). The monoisotopic (exact) mass is 217 g/mol. The number of hydrogen-bond donors (Lipinski definition) is 0. The van der Waals surface area contributed by atoms with Crippen LogP contribution in [0.15, 0.2) is 24.3 Å². The Kier molecular flexibility index (Phi) is 2.88.